The number of hydrogen-bond acceptors (Lipinski definition) is 6. The van der Waals surface area contributed by atoms with Crippen LogP contribution in [-0.2, 0) is 0 Å². The quantitative estimate of drug-likeness (QED) is 0.191. The van der Waals surface area contributed by atoms with Crippen LogP contribution in [0.3, 0.4) is 0 Å². The first-order chi connectivity index (χ1) is 19.8. The standard InChI is InChI=1S/C31H27ClN4O5/c1-17-5-11-22(23(32)13-17)31(38)33-20-8-6-18(7-9-20)29-35-24-12-10-21(16-25(24)36-29)34-30(37)19-14-26(39-2)28(41-4)27(15-19)40-3/h5-16H,1-4H3,(H,33,38)(H,34,37)(H,35,36). The first kappa shape index (κ1) is 27.5. The summed E-state index contributed by atoms with van der Waals surface area (Å²) in [4.78, 5) is 33.6. The van der Waals surface area contributed by atoms with E-state index in [4.69, 9.17) is 25.8 Å². The van der Waals surface area contributed by atoms with Gasteiger partial charge in [0.25, 0.3) is 11.8 Å². The Labute approximate surface area is 241 Å². The van der Waals surface area contributed by atoms with Crippen molar-refractivity contribution in [2.24, 2.45) is 0 Å². The van der Waals surface area contributed by atoms with Gasteiger partial charge < -0.3 is 29.8 Å². The molecule has 0 bridgehead atoms. The molecule has 5 aromatic rings. The summed E-state index contributed by atoms with van der Waals surface area (Å²) >= 11 is 6.23. The topological polar surface area (TPSA) is 115 Å². The maximum atomic E-state index is 13.0. The van der Waals surface area contributed by atoms with Crippen LogP contribution in [0.4, 0.5) is 11.4 Å². The van der Waals surface area contributed by atoms with E-state index in [1.807, 2.05) is 37.3 Å². The second kappa shape index (κ2) is 11.6. The van der Waals surface area contributed by atoms with Gasteiger partial charge in [0.05, 0.1) is 42.9 Å². The van der Waals surface area contributed by atoms with Gasteiger partial charge in [-0.15, -0.1) is 0 Å². The maximum absolute atomic E-state index is 13.0. The van der Waals surface area contributed by atoms with Gasteiger partial charge in [0.1, 0.15) is 5.82 Å². The molecular weight excluding hydrogens is 544 g/mol. The number of carbonyl (C=O) groups is 2. The summed E-state index contributed by atoms with van der Waals surface area (Å²) in [7, 11) is 4.49. The van der Waals surface area contributed by atoms with Crippen LogP contribution in [0.25, 0.3) is 22.4 Å². The number of fused-ring (bicyclic) bond motifs is 1. The van der Waals surface area contributed by atoms with E-state index < -0.39 is 0 Å². The van der Waals surface area contributed by atoms with E-state index in [-0.39, 0.29) is 11.8 Å². The number of halogens is 1. The fourth-order valence-electron chi connectivity index (χ4n) is 4.35. The predicted molar refractivity (Wildman–Crippen MR) is 160 cm³/mol. The Morgan fingerprint density at radius 1 is 0.780 bits per heavy atom. The number of aromatic nitrogens is 2. The molecule has 0 saturated heterocycles. The van der Waals surface area contributed by atoms with E-state index >= 15 is 0 Å². The van der Waals surface area contributed by atoms with Crippen LogP contribution in [0.1, 0.15) is 26.3 Å². The molecule has 9 nitrogen and oxygen atoms in total. The number of amides is 2. The van der Waals surface area contributed by atoms with E-state index in [0.29, 0.717) is 50.6 Å². The number of hydrogen-bond donors (Lipinski definition) is 3. The van der Waals surface area contributed by atoms with Gasteiger partial charge in [-0.3, -0.25) is 9.59 Å². The molecule has 0 aliphatic rings. The zero-order valence-electron chi connectivity index (χ0n) is 22.8. The fourth-order valence-corrected chi connectivity index (χ4v) is 4.67. The molecule has 4 aromatic carbocycles. The molecule has 0 aliphatic carbocycles. The predicted octanol–water partition coefficient (Wildman–Crippen LogP) is 6.72. The minimum absolute atomic E-state index is 0.285. The summed E-state index contributed by atoms with van der Waals surface area (Å²) in [6.07, 6.45) is 0. The van der Waals surface area contributed by atoms with Crippen molar-refractivity contribution < 1.29 is 23.8 Å². The molecule has 2 amide bonds. The summed E-state index contributed by atoms with van der Waals surface area (Å²) in [6.45, 7) is 1.92. The molecule has 0 fully saturated rings. The number of aromatic amines is 1. The molecule has 208 valence electrons. The number of methoxy groups -OCH3 is 3. The van der Waals surface area contributed by atoms with Gasteiger partial charge in [0, 0.05) is 22.5 Å². The molecule has 5 rings (SSSR count). The SMILES string of the molecule is COc1cc(C(=O)Nc2ccc3nc(-c4ccc(NC(=O)c5ccc(C)cc5Cl)cc4)[nH]c3c2)cc(OC)c1OC. The summed E-state index contributed by atoms with van der Waals surface area (Å²) in [5.74, 6) is 1.20. The highest BCUT2D eigenvalue weighted by Gasteiger charge is 2.18. The molecule has 0 spiro atoms. The number of carbonyl (C=O) groups excluding carboxylic acids is 2. The average molecular weight is 571 g/mol. The third-order valence-corrected chi connectivity index (χ3v) is 6.76. The normalized spacial score (nSPS) is 10.8. The maximum Gasteiger partial charge on any atom is 0.257 e. The van der Waals surface area contributed by atoms with E-state index in [1.165, 1.54) is 21.3 Å². The number of aryl methyl sites for hydroxylation is 1. The Morgan fingerprint density at radius 3 is 2.07 bits per heavy atom. The van der Waals surface area contributed by atoms with Gasteiger partial charge in [-0.25, -0.2) is 4.98 Å². The van der Waals surface area contributed by atoms with Crippen LogP contribution in [0, 0.1) is 6.92 Å². The summed E-state index contributed by atoms with van der Waals surface area (Å²) in [6, 6.07) is 21.2. The molecule has 0 aliphatic heterocycles. The van der Waals surface area contributed by atoms with Crippen molar-refractivity contribution in [3.63, 3.8) is 0 Å². The first-order valence-corrected chi connectivity index (χ1v) is 13.0. The molecule has 0 radical (unpaired) electrons. The van der Waals surface area contributed by atoms with Gasteiger partial charge in [-0.1, -0.05) is 17.7 Å². The van der Waals surface area contributed by atoms with Crippen LogP contribution in [-0.4, -0.2) is 43.1 Å². The third-order valence-electron chi connectivity index (χ3n) is 6.45. The van der Waals surface area contributed by atoms with E-state index in [9.17, 15) is 9.59 Å². The molecule has 3 N–H and O–H groups in total. The van der Waals surface area contributed by atoms with Crippen LogP contribution in [0.15, 0.2) is 72.8 Å². The van der Waals surface area contributed by atoms with E-state index in [0.717, 1.165) is 22.2 Å². The lowest BCUT2D eigenvalue weighted by Crippen LogP contribution is -2.12. The molecule has 0 unspecified atom stereocenters. The second-order valence-corrected chi connectivity index (χ2v) is 9.61. The van der Waals surface area contributed by atoms with Crippen molar-refractivity contribution in [1.82, 2.24) is 9.97 Å². The number of imidazole rings is 1. The summed E-state index contributed by atoms with van der Waals surface area (Å²) in [5.41, 5.74) is 5.26. The number of benzene rings is 4. The monoisotopic (exact) mass is 570 g/mol. The van der Waals surface area contributed by atoms with Gasteiger partial charge in [-0.05, 0) is 79.2 Å². The van der Waals surface area contributed by atoms with Crippen LogP contribution < -0.4 is 24.8 Å². The van der Waals surface area contributed by atoms with E-state index in [1.54, 1.807) is 42.5 Å². The van der Waals surface area contributed by atoms with Gasteiger partial charge >= 0.3 is 0 Å². The largest absolute Gasteiger partial charge is 0.493 e. The highest BCUT2D eigenvalue weighted by Crippen LogP contribution is 2.38. The molecular formula is C31H27ClN4O5. The lowest BCUT2D eigenvalue weighted by atomic mass is 10.1. The minimum Gasteiger partial charge on any atom is -0.493 e. The van der Waals surface area contributed by atoms with Crippen molar-refractivity contribution in [3.8, 4) is 28.6 Å². The molecule has 41 heavy (non-hydrogen) atoms. The fraction of sp³-hybridized carbons (Fsp3) is 0.129. The lowest BCUT2D eigenvalue weighted by molar-refractivity contribution is 0.101. The number of nitrogens with one attached hydrogen (secondary N) is 3. The molecule has 0 saturated carbocycles. The van der Waals surface area contributed by atoms with Crippen molar-refractivity contribution >= 4 is 45.8 Å². The molecule has 10 heteroatoms. The van der Waals surface area contributed by atoms with Crippen LogP contribution in [0.5, 0.6) is 17.2 Å². The Balaban J connectivity index is 1.31. The second-order valence-electron chi connectivity index (χ2n) is 9.20. The number of ether oxygens (including phenoxy) is 3. The van der Waals surface area contributed by atoms with Crippen LogP contribution >= 0.6 is 11.6 Å². The smallest absolute Gasteiger partial charge is 0.257 e. The third kappa shape index (κ3) is 5.80. The highest BCUT2D eigenvalue weighted by molar-refractivity contribution is 6.34. The molecule has 0 atom stereocenters. The Kier molecular flexibility index (Phi) is 7.80. The summed E-state index contributed by atoms with van der Waals surface area (Å²) in [5, 5.41) is 6.17. The number of H-pyrrole nitrogens is 1. The number of anilines is 2. The zero-order chi connectivity index (χ0) is 29.1. The number of nitrogens with zero attached hydrogens (tertiary/aromatic N) is 1. The Bertz CT molecular complexity index is 1740. The van der Waals surface area contributed by atoms with E-state index in [2.05, 4.69) is 20.6 Å². The van der Waals surface area contributed by atoms with Crippen molar-refractivity contribution in [3.05, 3.63) is 94.5 Å². The van der Waals surface area contributed by atoms with Crippen molar-refractivity contribution in [1.29, 1.82) is 0 Å². The minimum atomic E-state index is -0.340. The Hall–Kier alpha value is -5.02. The lowest BCUT2D eigenvalue weighted by Gasteiger charge is -2.14. The van der Waals surface area contributed by atoms with Gasteiger partial charge in [0.2, 0.25) is 5.75 Å². The zero-order valence-corrected chi connectivity index (χ0v) is 23.6. The first-order valence-electron chi connectivity index (χ1n) is 12.6. The van der Waals surface area contributed by atoms with Gasteiger partial charge in [0.15, 0.2) is 11.5 Å². The summed E-state index contributed by atoms with van der Waals surface area (Å²) < 4.78 is 16.0. The van der Waals surface area contributed by atoms with Crippen molar-refractivity contribution in [2.75, 3.05) is 32.0 Å². The highest BCUT2D eigenvalue weighted by atomic mass is 35.5. The van der Waals surface area contributed by atoms with Crippen molar-refractivity contribution in [2.45, 2.75) is 6.92 Å². The Morgan fingerprint density at radius 2 is 1.44 bits per heavy atom. The molecule has 1 aromatic heterocycles. The average Bonchev–Trinajstić information content (AvgIpc) is 3.40. The molecule has 1 heterocycles. The van der Waals surface area contributed by atoms with Gasteiger partial charge in [-0.2, -0.15) is 0 Å². The van der Waals surface area contributed by atoms with Crippen LogP contribution in [0.2, 0.25) is 5.02 Å². The number of rotatable bonds is 8.